The lowest BCUT2D eigenvalue weighted by Gasteiger charge is -2.08. The SMILES string of the molecule is CSc1ncc(C=O)c(Nc2ccccc2)n1. The van der Waals surface area contributed by atoms with Crippen LogP contribution in [0.25, 0.3) is 0 Å². The number of nitrogens with zero attached hydrogens (tertiary/aromatic N) is 2. The molecule has 1 aromatic heterocycles. The molecule has 0 unspecified atom stereocenters. The summed E-state index contributed by atoms with van der Waals surface area (Å²) in [6.45, 7) is 0. The van der Waals surface area contributed by atoms with Gasteiger partial charge in [0, 0.05) is 11.9 Å². The van der Waals surface area contributed by atoms with Gasteiger partial charge in [-0.1, -0.05) is 30.0 Å². The molecule has 5 heteroatoms. The highest BCUT2D eigenvalue weighted by Crippen LogP contribution is 2.19. The summed E-state index contributed by atoms with van der Waals surface area (Å²) in [6, 6.07) is 9.59. The Morgan fingerprint density at radius 3 is 2.71 bits per heavy atom. The fourth-order valence-corrected chi connectivity index (χ4v) is 1.66. The minimum atomic E-state index is 0.451. The van der Waals surface area contributed by atoms with Gasteiger partial charge in [0.25, 0.3) is 0 Å². The van der Waals surface area contributed by atoms with Crippen molar-refractivity contribution < 1.29 is 4.79 Å². The highest BCUT2D eigenvalue weighted by molar-refractivity contribution is 7.98. The molecule has 1 N–H and O–H groups in total. The van der Waals surface area contributed by atoms with Crippen molar-refractivity contribution in [2.24, 2.45) is 0 Å². The number of aldehydes is 1. The monoisotopic (exact) mass is 245 g/mol. The molecule has 17 heavy (non-hydrogen) atoms. The molecule has 0 aliphatic rings. The summed E-state index contributed by atoms with van der Waals surface area (Å²) in [7, 11) is 0. The molecule has 0 aliphatic carbocycles. The number of nitrogens with one attached hydrogen (secondary N) is 1. The Morgan fingerprint density at radius 2 is 2.06 bits per heavy atom. The van der Waals surface area contributed by atoms with Crippen LogP contribution in [-0.2, 0) is 0 Å². The van der Waals surface area contributed by atoms with Gasteiger partial charge in [0.05, 0.1) is 5.56 Å². The van der Waals surface area contributed by atoms with Crippen LogP contribution in [0.15, 0.2) is 41.7 Å². The van der Waals surface area contributed by atoms with Crippen LogP contribution >= 0.6 is 11.8 Å². The van der Waals surface area contributed by atoms with Gasteiger partial charge in [-0.2, -0.15) is 0 Å². The third-order valence-corrected chi connectivity index (χ3v) is 2.70. The number of hydrogen-bond acceptors (Lipinski definition) is 5. The van der Waals surface area contributed by atoms with Gasteiger partial charge < -0.3 is 5.32 Å². The molecular weight excluding hydrogens is 234 g/mol. The van der Waals surface area contributed by atoms with Crippen LogP contribution in [0.1, 0.15) is 10.4 Å². The van der Waals surface area contributed by atoms with Crippen LogP contribution in [0.5, 0.6) is 0 Å². The Hall–Kier alpha value is -1.88. The molecule has 86 valence electrons. The number of thioether (sulfide) groups is 1. The first kappa shape index (κ1) is 11.6. The summed E-state index contributed by atoms with van der Waals surface area (Å²) in [4.78, 5) is 19.2. The number of benzene rings is 1. The first-order chi connectivity index (χ1) is 8.33. The summed E-state index contributed by atoms with van der Waals surface area (Å²) < 4.78 is 0. The van der Waals surface area contributed by atoms with Crippen molar-refractivity contribution in [2.45, 2.75) is 5.16 Å². The van der Waals surface area contributed by atoms with Crippen LogP contribution < -0.4 is 5.32 Å². The van der Waals surface area contributed by atoms with E-state index in [-0.39, 0.29) is 0 Å². The van der Waals surface area contributed by atoms with Crippen molar-refractivity contribution in [1.82, 2.24) is 9.97 Å². The quantitative estimate of drug-likeness (QED) is 0.510. The molecule has 2 rings (SSSR count). The van der Waals surface area contributed by atoms with Crippen LogP contribution in [-0.4, -0.2) is 22.5 Å². The molecule has 0 aliphatic heterocycles. The molecule has 0 spiro atoms. The van der Waals surface area contributed by atoms with E-state index in [9.17, 15) is 4.79 Å². The van der Waals surface area contributed by atoms with Gasteiger partial charge in [-0.15, -0.1) is 0 Å². The summed E-state index contributed by atoms with van der Waals surface area (Å²) >= 11 is 1.43. The van der Waals surface area contributed by atoms with Crippen molar-refractivity contribution in [2.75, 3.05) is 11.6 Å². The maximum Gasteiger partial charge on any atom is 0.189 e. The Labute approximate surface area is 103 Å². The third-order valence-electron chi connectivity index (χ3n) is 2.14. The van der Waals surface area contributed by atoms with Gasteiger partial charge in [0.1, 0.15) is 5.82 Å². The largest absolute Gasteiger partial charge is 0.340 e. The lowest BCUT2D eigenvalue weighted by molar-refractivity contribution is 0.112. The smallest absolute Gasteiger partial charge is 0.189 e. The lowest BCUT2D eigenvalue weighted by Crippen LogP contribution is -2.01. The maximum atomic E-state index is 10.9. The topological polar surface area (TPSA) is 54.9 Å². The molecule has 0 radical (unpaired) electrons. The van der Waals surface area contributed by atoms with E-state index in [1.807, 2.05) is 36.6 Å². The van der Waals surface area contributed by atoms with E-state index in [0.717, 1.165) is 12.0 Å². The maximum absolute atomic E-state index is 10.9. The first-order valence-electron chi connectivity index (χ1n) is 5.02. The lowest BCUT2D eigenvalue weighted by atomic mass is 10.3. The average molecular weight is 245 g/mol. The molecular formula is C12H11N3OS. The molecule has 0 saturated heterocycles. The Bertz CT molecular complexity index is 516. The van der Waals surface area contributed by atoms with E-state index in [2.05, 4.69) is 15.3 Å². The Morgan fingerprint density at radius 1 is 1.29 bits per heavy atom. The number of para-hydroxylation sites is 1. The van der Waals surface area contributed by atoms with Gasteiger partial charge in [0.2, 0.25) is 0 Å². The number of carbonyl (C=O) groups is 1. The molecule has 1 aromatic carbocycles. The Balaban J connectivity index is 2.33. The van der Waals surface area contributed by atoms with Crippen molar-refractivity contribution in [3.8, 4) is 0 Å². The fraction of sp³-hybridized carbons (Fsp3) is 0.0833. The van der Waals surface area contributed by atoms with Gasteiger partial charge in [-0.3, -0.25) is 4.79 Å². The predicted octanol–water partition coefficient (Wildman–Crippen LogP) is 2.75. The normalized spacial score (nSPS) is 9.94. The number of hydrogen-bond donors (Lipinski definition) is 1. The number of rotatable bonds is 4. The Kier molecular flexibility index (Phi) is 3.72. The zero-order valence-corrected chi connectivity index (χ0v) is 10.1. The molecule has 1 heterocycles. The molecule has 0 saturated carbocycles. The summed E-state index contributed by atoms with van der Waals surface area (Å²) in [5, 5.41) is 3.74. The molecule has 0 amide bonds. The van der Waals surface area contributed by atoms with E-state index in [4.69, 9.17) is 0 Å². The van der Waals surface area contributed by atoms with E-state index >= 15 is 0 Å². The summed E-state index contributed by atoms with van der Waals surface area (Å²) in [6.07, 6.45) is 4.16. The summed E-state index contributed by atoms with van der Waals surface area (Å²) in [5.41, 5.74) is 1.34. The van der Waals surface area contributed by atoms with Gasteiger partial charge >= 0.3 is 0 Å². The van der Waals surface area contributed by atoms with Crippen LogP contribution in [0.3, 0.4) is 0 Å². The van der Waals surface area contributed by atoms with E-state index in [0.29, 0.717) is 16.5 Å². The highest BCUT2D eigenvalue weighted by atomic mass is 32.2. The number of anilines is 2. The zero-order chi connectivity index (χ0) is 12.1. The second kappa shape index (κ2) is 5.45. The van der Waals surface area contributed by atoms with Crippen LogP contribution in [0.4, 0.5) is 11.5 Å². The van der Waals surface area contributed by atoms with E-state index in [1.165, 1.54) is 18.0 Å². The van der Waals surface area contributed by atoms with Crippen molar-refractivity contribution in [3.05, 3.63) is 42.1 Å². The second-order valence-corrected chi connectivity index (χ2v) is 4.04. The van der Waals surface area contributed by atoms with Gasteiger partial charge in [0.15, 0.2) is 11.4 Å². The molecule has 0 atom stereocenters. The summed E-state index contributed by atoms with van der Waals surface area (Å²) in [5.74, 6) is 0.533. The number of aromatic nitrogens is 2. The minimum Gasteiger partial charge on any atom is -0.340 e. The van der Waals surface area contributed by atoms with Crippen molar-refractivity contribution in [3.63, 3.8) is 0 Å². The molecule has 4 nitrogen and oxygen atoms in total. The van der Waals surface area contributed by atoms with Crippen LogP contribution in [0, 0.1) is 0 Å². The molecule has 0 bridgehead atoms. The number of carbonyl (C=O) groups excluding carboxylic acids is 1. The average Bonchev–Trinajstić information content (AvgIpc) is 2.40. The molecule has 2 aromatic rings. The first-order valence-corrected chi connectivity index (χ1v) is 6.24. The van der Waals surface area contributed by atoms with E-state index < -0.39 is 0 Å². The predicted molar refractivity (Wildman–Crippen MR) is 68.9 cm³/mol. The van der Waals surface area contributed by atoms with Crippen molar-refractivity contribution >= 4 is 29.6 Å². The standard InChI is InChI=1S/C12H11N3OS/c1-17-12-13-7-9(8-16)11(15-12)14-10-5-3-2-4-6-10/h2-8H,1H3,(H,13,14,15). The molecule has 0 fully saturated rings. The third kappa shape index (κ3) is 2.82. The van der Waals surface area contributed by atoms with Crippen LogP contribution in [0.2, 0.25) is 0 Å². The fourth-order valence-electron chi connectivity index (χ4n) is 1.32. The highest BCUT2D eigenvalue weighted by Gasteiger charge is 2.06. The van der Waals surface area contributed by atoms with E-state index in [1.54, 1.807) is 0 Å². The second-order valence-electron chi connectivity index (χ2n) is 3.27. The van der Waals surface area contributed by atoms with Crippen molar-refractivity contribution in [1.29, 1.82) is 0 Å². The minimum absolute atomic E-state index is 0.451. The zero-order valence-electron chi connectivity index (χ0n) is 9.25. The van der Waals surface area contributed by atoms with Gasteiger partial charge in [-0.25, -0.2) is 9.97 Å². The van der Waals surface area contributed by atoms with Gasteiger partial charge in [-0.05, 0) is 18.4 Å².